The van der Waals surface area contributed by atoms with Gasteiger partial charge >= 0.3 is 5.97 Å². The average Bonchev–Trinajstić information content (AvgIpc) is 2.87. The molecular weight excluding hydrogens is 456 g/mol. The summed E-state index contributed by atoms with van der Waals surface area (Å²) >= 11 is 0. The van der Waals surface area contributed by atoms with Crippen LogP contribution < -0.4 is 20.2 Å². The van der Waals surface area contributed by atoms with E-state index in [0.29, 0.717) is 16.9 Å². The summed E-state index contributed by atoms with van der Waals surface area (Å²) in [7, 11) is 1.49. The molecule has 0 aliphatic heterocycles. The lowest BCUT2D eigenvalue weighted by atomic mass is 10.2. The monoisotopic (exact) mass is 476 g/mol. The van der Waals surface area contributed by atoms with Gasteiger partial charge in [0.05, 0.1) is 30.4 Å². The van der Waals surface area contributed by atoms with E-state index in [0.717, 1.165) is 0 Å². The van der Waals surface area contributed by atoms with Crippen molar-refractivity contribution in [2.75, 3.05) is 13.7 Å². The standard InChI is InChI=1S/C24H20N4O7/c1-34-20-6-3-5-18(13-20)23(30)25-15-22(29)27-26-14-16-4-2-7-21(12-16)35-24(31)17-8-10-19(11-9-17)28(32)33/h2-14H,15H2,1H3,(H,25,30)(H,27,29)/b26-14+. The quantitative estimate of drug-likeness (QED) is 0.158. The largest absolute Gasteiger partial charge is 0.497 e. The molecule has 0 aromatic heterocycles. The van der Waals surface area contributed by atoms with Crippen molar-refractivity contribution in [2.24, 2.45) is 5.10 Å². The van der Waals surface area contributed by atoms with E-state index in [1.807, 2.05) is 0 Å². The van der Waals surface area contributed by atoms with E-state index in [4.69, 9.17) is 9.47 Å². The Morgan fingerprint density at radius 2 is 1.69 bits per heavy atom. The summed E-state index contributed by atoms with van der Waals surface area (Å²) < 4.78 is 10.3. The van der Waals surface area contributed by atoms with Gasteiger partial charge in [0, 0.05) is 17.7 Å². The number of benzene rings is 3. The van der Waals surface area contributed by atoms with E-state index in [9.17, 15) is 24.5 Å². The molecule has 0 atom stereocenters. The van der Waals surface area contributed by atoms with Gasteiger partial charge in [0.2, 0.25) is 0 Å². The van der Waals surface area contributed by atoms with Crippen molar-refractivity contribution in [3.8, 4) is 11.5 Å². The van der Waals surface area contributed by atoms with Crippen LogP contribution in [0.4, 0.5) is 5.69 Å². The second-order valence-electron chi connectivity index (χ2n) is 6.97. The number of esters is 1. The number of amides is 2. The summed E-state index contributed by atoms with van der Waals surface area (Å²) in [5, 5.41) is 17.0. The Hall–Kier alpha value is -5.06. The molecule has 178 valence electrons. The van der Waals surface area contributed by atoms with Crippen LogP contribution in [0.3, 0.4) is 0 Å². The van der Waals surface area contributed by atoms with Gasteiger partial charge in [0.25, 0.3) is 17.5 Å². The third-order valence-corrected chi connectivity index (χ3v) is 4.53. The number of non-ortho nitro benzene ring substituents is 1. The van der Waals surface area contributed by atoms with E-state index < -0.39 is 22.7 Å². The van der Waals surface area contributed by atoms with Gasteiger partial charge in [-0.15, -0.1) is 0 Å². The molecule has 3 aromatic carbocycles. The molecule has 0 aliphatic carbocycles. The number of hydrazone groups is 1. The van der Waals surface area contributed by atoms with Crippen molar-refractivity contribution in [1.29, 1.82) is 0 Å². The van der Waals surface area contributed by atoms with Crippen LogP contribution in [0.2, 0.25) is 0 Å². The van der Waals surface area contributed by atoms with Crippen LogP contribution in [0.25, 0.3) is 0 Å². The molecule has 11 nitrogen and oxygen atoms in total. The zero-order valence-corrected chi connectivity index (χ0v) is 18.5. The molecule has 35 heavy (non-hydrogen) atoms. The second kappa shape index (κ2) is 11.7. The molecule has 3 rings (SSSR count). The lowest BCUT2D eigenvalue weighted by Crippen LogP contribution is -2.34. The molecule has 0 saturated carbocycles. The first-order valence-electron chi connectivity index (χ1n) is 10.2. The maximum atomic E-state index is 12.3. The van der Waals surface area contributed by atoms with Crippen LogP contribution in [0.5, 0.6) is 11.5 Å². The first-order valence-corrected chi connectivity index (χ1v) is 10.2. The summed E-state index contributed by atoms with van der Waals surface area (Å²) in [4.78, 5) is 46.5. The normalized spacial score (nSPS) is 10.4. The Labute approximate surface area is 199 Å². The third-order valence-electron chi connectivity index (χ3n) is 4.53. The zero-order valence-electron chi connectivity index (χ0n) is 18.5. The van der Waals surface area contributed by atoms with Crippen molar-refractivity contribution in [3.05, 3.63) is 99.6 Å². The minimum atomic E-state index is -0.686. The molecule has 0 aliphatic rings. The zero-order chi connectivity index (χ0) is 25.2. The van der Waals surface area contributed by atoms with Gasteiger partial charge in [-0.1, -0.05) is 18.2 Å². The van der Waals surface area contributed by atoms with E-state index in [-0.39, 0.29) is 23.5 Å². The van der Waals surface area contributed by atoms with Crippen molar-refractivity contribution in [2.45, 2.75) is 0 Å². The molecule has 0 bridgehead atoms. The van der Waals surface area contributed by atoms with Gasteiger partial charge < -0.3 is 14.8 Å². The number of hydrogen-bond acceptors (Lipinski definition) is 8. The van der Waals surface area contributed by atoms with Gasteiger partial charge in [-0.05, 0) is 48.0 Å². The SMILES string of the molecule is COc1cccc(C(=O)NCC(=O)N/N=C/c2cccc(OC(=O)c3ccc([N+](=O)[O-])cc3)c2)c1. The predicted molar refractivity (Wildman–Crippen MR) is 126 cm³/mol. The fraction of sp³-hybridized carbons (Fsp3) is 0.0833. The Kier molecular flexibility index (Phi) is 8.22. The summed E-state index contributed by atoms with van der Waals surface area (Å²) in [5.74, 6) is -0.931. The highest BCUT2D eigenvalue weighted by atomic mass is 16.6. The first-order chi connectivity index (χ1) is 16.9. The Balaban J connectivity index is 1.50. The van der Waals surface area contributed by atoms with Crippen LogP contribution in [0.15, 0.2) is 77.9 Å². The smallest absolute Gasteiger partial charge is 0.343 e. The number of nitro benzene ring substituents is 1. The van der Waals surface area contributed by atoms with E-state index in [1.54, 1.807) is 42.5 Å². The van der Waals surface area contributed by atoms with Crippen LogP contribution in [-0.4, -0.2) is 42.6 Å². The molecule has 0 unspecified atom stereocenters. The van der Waals surface area contributed by atoms with Gasteiger partial charge in [0.1, 0.15) is 11.5 Å². The highest BCUT2D eigenvalue weighted by Gasteiger charge is 2.12. The van der Waals surface area contributed by atoms with Crippen molar-refractivity contribution < 1.29 is 28.8 Å². The number of rotatable bonds is 9. The summed E-state index contributed by atoms with van der Waals surface area (Å²) in [6.45, 7) is -0.291. The maximum absolute atomic E-state index is 12.3. The van der Waals surface area contributed by atoms with Gasteiger partial charge in [-0.2, -0.15) is 5.10 Å². The molecule has 0 saturated heterocycles. The Morgan fingerprint density at radius 1 is 0.971 bits per heavy atom. The molecule has 11 heteroatoms. The Bertz CT molecular complexity index is 1270. The van der Waals surface area contributed by atoms with Crippen molar-refractivity contribution in [1.82, 2.24) is 10.7 Å². The van der Waals surface area contributed by atoms with Crippen LogP contribution >= 0.6 is 0 Å². The number of nitrogens with one attached hydrogen (secondary N) is 2. The minimum absolute atomic E-state index is 0.137. The number of carbonyl (C=O) groups excluding carboxylic acids is 3. The van der Waals surface area contributed by atoms with E-state index >= 15 is 0 Å². The molecule has 0 spiro atoms. The van der Waals surface area contributed by atoms with Crippen LogP contribution in [-0.2, 0) is 4.79 Å². The van der Waals surface area contributed by atoms with E-state index in [1.165, 1.54) is 43.7 Å². The minimum Gasteiger partial charge on any atom is -0.497 e. The third kappa shape index (κ3) is 7.22. The topological polar surface area (TPSA) is 149 Å². The number of ether oxygens (including phenoxy) is 2. The Morgan fingerprint density at radius 3 is 2.40 bits per heavy atom. The molecule has 2 N–H and O–H groups in total. The van der Waals surface area contributed by atoms with Crippen molar-refractivity contribution in [3.63, 3.8) is 0 Å². The van der Waals surface area contributed by atoms with Crippen LogP contribution in [0.1, 0.15) is 26.3 Å². The van der Waals surface area contributed by atoms with Gasteiger partial charge in [-0.25, -0.2) is 10.2 Å². The van der Waals surface area contributed by atoms with Gasteiger partial charge in [0.15, 0.2) is 0 Å². The number of hydrogen-bond donors (Lipinski definition) is 2. The average molecular weight is 476 g/mol. The molecule has 0 radical (unpaired) electrons. The number of methoxy groups -OCH3 is 1. The highest BCUT2D eigenvalue weighted by Crippen LogP contribution is 2.17. The van der Waals surface area contributed by atoms with Crippen molar-refractivity contribution >= 4 is 29.7 Å². The number of nitrogens with zero attached hydrogens (tertiary/aromatic N) is 2. The molecule has 2 amide bonds. The lowest BCUT2D eigenvalue weighted by molar-refractivity contribution is -0.384. The molecule has 3 aromatic rings. The molecule has 0 heterocycles. The fourth-order valence-electron chi connectivity index (χ4n) is 2.79. The fourth-order valence-corrected chi connectivity index (χ4v) is 2.79. The molecule has 0 fully saturated rings. The highest BCUT2D eigenvalue weighted by molar-refractivity contribution is 5.97. The summed E-state index contributed by atoms with van der Waals surface area (Å²) in [5.41, 5.74) is 3.18. The molecular formula is C24H20N4O7. The summed E-state index contributed by atoms with van der Waals surface area (Å²) in [6.07, 6.45) is 1.34. The predicted octanol–water partition coefficient (Wildman–Crippen LogP) is 2.70. The van der Waals surface area contributed by atoms with Gasteiger partial charge in [-0.3, -0.25) is 19.7 Å². The summed E-state index contributed by atoms with van der Waals surface area (Å²) in [6, 6.07) is 17.9. The number of carbonyl (C=O) groups is 3. The van der Waals surface area contributed by atoms with Crippen LogP contribution in [0, 0.1) is 10.1 Å². The van der Waals surface area contributed by atoms with E-state index in [2.05, 4.69) is 15.8 Å². The second-order valence-corrected chi connectivity index (χ2v) is 6.97. The lowest BCUT2D eigenvalue weighted by Gasteiger charge is -2.06. The maximum Gasteiger partial charge on any atom is 0.343 e. The first kappa shape index (κ1) is 24.6. The number of nitro groups is 1.